The van der Waals surface area contributed by atoms with Gasteiger partial charge in [-0.15, -0.1) is 0 Å². The minimum absolute atomic E-state index is 0.00482. The molecule has 2 nitrogen and oxygen atoms in total. The molecule has 1 saturated heterocycles. The lowest BCUT2D eigenvalue weighted by molar-refractivity contribution is -0.000897. The number of hydrogen-bond acceptors (Lipinski definition) is 2. The molecule has 2 atom stereocenters. The number of aryl methyl sites for hydroxylation is 1. The maximum absolute atomic E-state index is 6.27. The number of rotatable bonds is 3. The Hall–Kier alpha value is -0.570. The third kappa shape index (κ3) is 2.82. The molecular weight excluding hydrogens is 234 g/mol. The molecule has 3 heteroatoms. The van der Waals surface area contributed by atoms with Gasteiger partial charge in [0.1, 0.15) is 0 Å². The Morgan fingerprint density at radius 3 is 2.88 bits per heavy atom. The quantitative estimate of drug-likeness (QED) is 0.899. The van der Waals surface area contributed by atoms with Gasteiger partial charge >= 0.3 is 0 Å². The SMILES string of the molecule is Cc1ccc(CC(N)C2(C)CCCO2)c(Cl)c1. The summed E-state index contributed by atoms with van der Waals surface area (Å²) in [5, 5.41) is 0.807. The molecule has 17 heavy (non-hydrogen) atoms. The molecular formula is C14H20ClNO. The van der Waals surface area contributed by atoms with Gasteiger partial charge in [-0.3, -0.25) is 0 Å². The molecule has 0 amide bonds. The highest BCUT2D eigenvalue weighted by atomic mass is 35.5. The van der Waals surface area contributed by atoms with Crippen LogP contribution in [0.3, 0.4) is 0 Å². The number of benzene rings is 1. The summed E-state index contributed by atoms with van der Waals surface area (Å²) < 4.78 is 5.77. The highest BCUT2D eigenvalue weighted by Crippen LogP contribution is 2.30. The van der Waals surface area contributed by atoms with E-state index in [1.54, 1.807) is 0 Å². The standard InChI is InChI=1S/C14H20ClNO/c1-10-4-5-11(12(15)8-10)9-13(16)14(2)6-3-7-17-14/h4-5,8,13H,3,6-7,9,16H2,1-2H3. The van der Waals surface area contributed by atoms with E-state index in [9.17, 15) is 0 Å². The third-order valence-electron chi connectivity index (χ3n) is 3.68. The molecule has 1 fully saturated rings. The van der Waals surface area contributed by atoms with E-state index in [0.717, 1.165) is 36.5 Å². The van der Waals surface area contributed by atoms with Gasteiger partial charge in [0.05, 0.1) is 5.60 Å². The Morgan fingerprint density at radius 1 is 1.53 bits per heavy atom. The van der Waals surface area contributed by atoms with Crippen LogP contribution in [0, 0.1) is 6.92 Å². The van der Waals surface area contributed by atoms with Crippen molar-refractivity contribution in [3.05, 3.63) is 34.3 Å². The fourth-order valence-electron chi connectivity index (χ4n) is 2.36. The van der Waals surface area contributed by atoms with E-state index < -0.39 is 0 Å². The first kappa shape index (κ1) is 12.9. The molecule has 2 N–H and O–H groups in total. The molecule has 0 aromatic heterocycles. The minimum Gasteiger partial charge on any atom is -0.374 e. The first-order valence-corrected chi connectivity index (χ1v) is 6.54. The van der Waals surface area contributed by atoms with Crippen LogP contribution in [0.25, 0.3) is 0 Å². The second kappa shape index (κ2) is 4.97. The summed E-state index contributed by atoms with van der Waals surface area (Å²) in [7, 11) is 0. The molecule has 0 bridgehead atoms. The Morgan fingerprint density at radius 2 is 2.29 bits per heavy atom. The van der Waals surface area contributed by atoms with Crippen molar-refractivity contribution in [1.29, 1.82) is 0 Å². The van der Waals surface area contributed by atoms with Crippen LogP contribution in [-0.2, 0) is 11.2 Å². The summed E-state index contributed by atoms with van der Waals surface area (Å²) >= 11 is 6.23. The number of halogens is 1. The predicted octanol–water partition coefficient (Wildman–Crippen LogP) is 3.09. The third-order valence-corrected chi connectivity index (χ3v) is 4.03. The van der Waals surface area contributed by atoms with Crippen LogP contribution in [0.4, 0.5) is 0 Å². The van der Waals surface area contributed by atoms with E-state index in [1.807, 2.05) is 13.0 Å². The number of hydrogen-bond donors (Lipinski definition) is 1. The smallest absolute Gasteiger partial charge is 0.0808 e. The van der Waals surface area contributed by atoms with Gasteiger partial charge in [0.25, 0.3) is 0 Å². The Kier molecular flexibility index (Phi) is 3.76. The number of ether oxygens (including phenoxy) is 1. The number of nitrogens with two attached hydrogens (primary N) is 1. The van der Waals surface area contributed by atoms with Crippen molar-refractivity contribution in [2.24, 2.45) is 5.73 Å². The van der Waals surface area contributed by atoms with Crippen LogP contribution in [-0.4, -0.2) is 18.2 Å². The van der Waals surface area contributed by atoms with Gasteiger partial charge in [-0.05, 0) is 50.3 Å². The highest BCUT2D eigenvalue weighted by molar-refractivity contribution is 6.31. The van der Waals surface area contributed by atoms with Crippen LogP contribution in [0.5, 0.6) is 0 Å². The average Bonchev–Trinajstić information content (AvgIpc) is 2.71. The molecule has 94 valence electrons. The van der Waals surface area contributed by atoms with Gasteiger partial charge < -0.3 is 10.5 Å². The van der Waals surface area contributed by atoms with Gasteiger partial charge in [0.15, 0.2) is 0 Å². The lowest BCUT2D eigenvalue weighted by Crippen LogP contribution is -2.46. The Balaban J connectivity index is 2.10. The maximum atomic E-state index is 6.27. The molecule has 2 unspecified atom stereocenters. The average molecular weight is 254 g/mol. The molecule has 0 aliphatic carbocycles. The lowest BCUT2D eigenvalue weighted by atomic mass is 9.89. The van der Waals surface area contributed by atoms with Crippen molar-refractivity contribution in [1.82, 2.24) is 0 Å². The van der Waals surface area contributed by atoms with E-state index in [1.165, 1.54) is 5.56 Å². The van der Waals surface area contributed by atoms with E-state index in [0.29, 0.717) is 0 Å². The van der Waals surface area contributed by atoms with Crippen LogP contribution in [0.15, 0.2) is 18.2 Å². The summed E-state index contributed by atoms with van der Waals surface area (Å²) in [6.07, 6.45) is 2.92. The van der Waals surface area contributed by atoms with E-state index in [4.69, 9.17) is 22.1 Å². The zero-order valence-corrected chi connectivity index (χ0v) is 11.3. The zero-order valence-electron chi connectivity index (χ0n) is 10.5. The first-order chi connectivity index (χ1) is 8.01. The predicted molar refractivity (Wildman–Crippen MR) is 71.5 cm³/mol. The van der Waals surface area contributed by atoms with Crippen LogP contribution in [0.1, 0.15) is 30.9 Å². The van der Waals surface area contributed by atoms with Crippen molar-refractivity contribution < 1.29 is 4.74 Å². The van der Waals surface area contributed by atoms with Crippen LogP contribution in [0.2, 0.25) is 5.02 Å². The molecule has 1 aromatic rings. The van der Waals surface area contributed by atoms with Gasteiger partial charge in [-0.2, -0.15) is 0 Å². The van der Waals surface area contributed by atoms with Crippen molar-refractivity contribution in [2.75, 3.05) is 6.61 Å². The lowest BCUT2D eigenvalue weighted by Gasteiger charge is -2.30. The summed E-state index contributed by atoms with van der Waals surface area (Å²) in [5.74, 6) is 0. The Labute approximate surface area is 108 Å². The fraction of sp³-hybridized carbons (Fsp3) is 0.571. The van der Waals surface area contributed by atoms with Gasteiger partial charge in [0.2, 0.25) is 0 Å². The van der Waals surface area contributed by atoms with E-state index >= 15 is 0 Å². The summed E-state index contributed by atoms with van der Waals surface area (Å²) in [6.45, 7) is 4.97. The summed E-state index contributed by atoms with van der Waals surface area (Å²) in [6, 6.07) is 6.13. The first-order valence-electron chi connectivity index (χ1n) is 6.16. The van der Waals surface area contributed by atoms with Crippen molar-refractivity contribution in [3.63, 3.8) is 0 Å². The molecule has 2 rings (SSSR count). The van der Waals surface area contributed by atoms with Crippen LogP contribution >= 0.6 is 11.6 Å². The minimum atomic E-state index is -0.186. The monoisotopic (exact) mass is 253 g/mol. The topological polar surface area (TPSA) is 35.2 Å². The highest BCUT2D eigenvalue weighted by Gasteiger charge is 2.36. The van der Waals surface area contributed by atoms with Crippen LogP contribution < -0.4 is 5.73 Å². The van der Waals surface area contributed by atoms with Crippen molar-refractivity contribution >= 4 is 11.6 Å². The molecule has 0 spiro atoms. The van der Waals surface area contributed by atoms with E-state index in [-0.39, 0.29) is 11.6 Å². The molecule has 0 saturated carbocycles. The fourth-order valence-corrected chi connectivity index (χ4v) is 2.68. The molecule has 1 aliphatic heterocycles. The molecule has 1 heterocycles. The van der Waals surface area contributed by atoms with Gasteiger partial charge in [-0.25, -0.2) is 0 Å². The Bertz CT molecular complexity index is 399. The maximum Gasteiger partial charge on any atom is 0.0808 e. The molecule has 1 aromatic carbocycles. The second-order valence-corrected chi connectivity index (χ2v) is 5.58. The molecule has 1 aliphatic rings. The van der Waals surface area contributed by atoms with E-state index in [2.05, 4.69) is 19.1 Å². The van der Waals surface area contributed by atoms with Crippen molar-refractivity contribution in [3.8, 4) is 0 Å². The summed E-state index contributed by atoms with van der Waals surface area (Å²) in [4.78, 5) is 0. The molecule has 0 radical (unpaired) electrons. The second-order valence-electron chi connectivity index (χ2n) is 5.17. The van der Waals surface area contributed by atoms with Gasteiger partial charge in [-0.1, -0.05) is 23.7 Å². The summed E-state index contributed by atoms with van der Waals surface area (Å²) in [5.41, 5.74) is 8.37. The largest absolute Gasteiger partial charge is 0.374 e. The van der Waals surface area contributed by atoms with Gasteiger partial charge in [0, 0.05) is 17.7 Å². The zero-order chi connectivity index (χ0) is 12.5. The normalized spacial score (nSPS) is 26.1. The van der Waals surface area contributed by atoms with Crippen molar-refractivity contribution in [2.45, 2.75) is 44.8 Å².